The number of hydrogen-bond acceptors (Lipinski definition) is 3. The van der Waals surface area contributed by atoms with E-state index in [0.717, 1.165) is 12.8 Å². The van der Waals surface area contributed by atoms with Gasteiger partial charge < -0.3 is 10.6 Å². The summed E-state index contributed by atoms with van der Waals surface area (Å²) >= 11 is 6.36. The molecule has 0 saturated carbocycles. The third-order valence-corrected chi connectivity index (χ3v) is 4.79. The van der Waals surface area contributed by atoms with Crippen LogP contribution in [0.25, 0.3) is 6.08 Å². The van der Waals surface area contributed by atoms with E-state index in [-0.39, 0.29) is 0 Å². The number of amides is 2. The van der Waals surface area contributed by atoms with Crippen molar-refractivity contribution in [2.45, 2.75) is 39.3 Å². The second-order valence-corrected chi connectivity index (χ2v) is 6.87. The van der Waals surface area contributed by atoms with Crippen LogP contribution in [0.4, 0.5) is 4.39 Å². The predicted octanol–water partition coefficient (Wildman–Crippen LogP) is 3.48. The lowest BCUT2D eigenvalue weighted by Gasteiger charge is -2.25. The quantitative estimate of drug-likeness (QED) is 0.681. The molecule has 0 aliphatic carbocycles. The van der Waals surface area contributed by atoms with Crippen LogP contribution in [0.1, 0.15) is 42.6 Å². The molecule has 1 unspecified atom stereocenters. The van der Waals surface area contributed by atoms with E-state index in [1.807, 2.05) is 0 Å². The number of likely N-dealkylation sites (N-methyl/N-ethyl adjacent to an activating group) is 1. The highest BCUT2D eigenvalue weighted by Gasteiger charge is 2.26. The SMILES string of the molecule is CCCCn1nc(C)c(/C=C/C(=O)N(C)C(C(N)=O)c2cccc(F)c2)c1Cl. The molecular formula is C20H24ClFN4O2. The Morgan fingerprint density at radius 2 is 2.14 bits per heavy atom. The minimum atomic E-state index is -1.09. The van der Waals surface area contributed by atoms with E-state index >= 15 is 0 Å². The minimum absolute atomic E-state index is 0.304. The molecule has 28 heavy (non-hydrogen) atoms. The van der Waals surface area contributed by atoms with Crippen molar-refractivity contribution in [3.05, 3.63) is 58.1 Å². The maximum Gasteiger partial charge on any atom is 0.247 e. The van der Waals surface area contributed by atoms with Crippen molar-refractivity contribution < 1.29 is 14.0 Å². The summed E-state index contributed by atoms with van der Waals surface area (Å²) in [6, 6.07) is 4.36. The molecule has 2 rings (SSSR count). The van der Waals surface area contributed by atoms with E-state index in [1.54, 1.807) is 23.7 Å². The molecule has 150 valence electrons. The molecule has 1 atom stereocenters. The van der Waals surface area contributed by atoms with Crippen LogP contribution in [0, 0.1) is 12.7 Å². The summed E-state index contributed by atoms with van der Waals surface area (Å²) < 4.78 is 15.2. The maximum absolute atomic E-state index is 13.5. The lowest BCUT2D eigenvalue weighted by Crippen LogP contribution is -2.38. The number of halogens is 2. The zero-order valence-electron chi connectivity index (χ0n) is 16.2. The van der Waals surface area contributed by atoms with Gasteiger partial charge in [-0.1, -0.05) is 37.1 Å². The molecule has 2 aromatic rings. The van der Waals surface area contributed by atoms with Crippen molar-refractivity contribution in [1.29, 1.82) is 0 Å². The molecule has 0 fully saturated rings. The van der Waals surface area contributed by atoms with E-state index in [2.05, 4.69) is 12.0 Å². The van der Waals surface area contributed by atoms with Gasteiger partial charge in [0.2, 0.25) is 11.8 Å². The highest BCUT2D eigenvalue weighted by Crippen LogP contribution is 2.23. The number of benzene rings is 1. The maximum atomic E-state index is 13.5. The van der Waals surface area contributed by atoms with Crippen LogP contribution in [0.5, 0.6) is 0 Å². The van der Waals surface area contributed by atoms with E-state index < -0.39 is 23.7 Å². The monoisotopic (exact) mass is 406 g/mol. The fourth-order valence-corrected chi connectivity index (χ4v) is 3.19. The van der Waals surface area contributed by atoms with E-state index in [9.17, 15) is 14.0 Å². The Bertz CT molecular complexity index is 894. The second-order valence-electron chi connectivity index (χ2n) is 6.51. The van der Waals surface area contributed by atoms with Crippen molar-refractivity contribution in [3.63, 3.8) is 0 Å². The average molecular weight is 407 g/mol. The lowest BCUT2D eigenvalue weighted by molar-refractivity contribution is -0.134. The fourth-order valence-electron chi connectivity index (χ4n) is 2.87. The van der Waals surface area contributed by atoms with Gasteiger partial charge in [-0.05, 0) is 37.1 Å². The first-order chi connectivity index (χ1) is 13.3. The van der Waals surface area contributed by atoms with Crippen molar-refractivity contribution in [1.82, 2.24) is 14.7 Å². The van der Waals surface area contributed by atoms with Gasteiger partial charge in [0.05, 0.1) is 5.69 Å². The summed E-state index contributed by atoms with van der Waals surface area (Å²) in [6.07, 6.45) is 4.82. The van der Waals surface area contributed by atoms with E-state index in [4.69, 9.17) is 17.3 Å². The Hall–Kier alpha value is -2.67. The lowest BCUT2D eigenvalue weighted by atomic mass is 10.0. The number of nitrogens with two attached hydrogens (primary N) is 1. The number of aryl methyl sites for hydroxylation is 2. The summed E-state index contributed by atoms with van der Waals surface area (Å²) in [5.41, 5.74) is 7.09. The third kappa shape index (κ3) is 4.98. The number of aromatic nitrogens is 2. The normalized spacial score (nSPS) is 12.3. The van der Waals surface area contributed by atoms with Crippen molar-refractivity contribution >= 4 is 29.5 Å². The number of rotatable bonds is 8. The van der Waals surface area contributed by atoms with Crippen LogP contribution in [0.2, 0.25) is 5.15 Å². The largest absolute Gasteiger partial charge is 0.368 e. The number of nitrogens with zero attached hydrogens (tertiary/aromatic N) is 3. The predicted molar refractivity (Wildman–Crippen MR) is 107 cm³/mol. The zero-order chi connectivity index (χ0) is 20.8. The Morgan fingerprint density at radius 3 is 2.75 bits per heavy atom. The van der Waals surface area contributed by atoms with Crippen LogP contribution in [-0.2, 0) is 16.1 Å². The highest BCUT2D eigenvalue weighted by molar-refractivity contribution is 6.31. The molecule has 1 aromatic heterocycles. The highest BCUT2D eigenvalue weighted by atomic mass is 35.5. The van der Waals surface area contributed by atoms with Gasteiger partial charge >= 0.3 is 0 Å². The van der Waals surface area contributed by atoms with Crippen LogP contribution < -0.4 is 5.73 Å². The third-order valence-electron chi connectivity index (χ3n) is 4.39. The molecule has 0 aliphatic heterocycles. The van der Waals surface area contributed by atoms with E-state index in [1.165, 1.54) is 36.2 Å². The van der Waals surface area contributed by atoms with Gasteiger partial charge in [0.15, 0.2) is 0 Å². The molecule has 0 bridgehead atoms. The van der Waals surface area contributed by atoms with Crippen LogP contribution in [0.3, 0.4) is 0 Å². The number of primary amides is 1. The molecule has 8 heteroatoms. The number of hydrogen-bond donors (Lipinski definition) is 1. The Morgan fingerprint density at radius 1 is 1.43 bits per heavy atom. The summed E-state index contributed by atoms with van der Waals surface area (Å²) in [5.74, 6) is -1.73. The summed E-state index contributed by atoms with van der Waals surface area (Å²) in [4.78, 5) is 25.6. The number of carbonyl (C=O) groups is 2. The number of unbranched alkanes of at least 4 members (excludes halogenated alkanes) is 1. The summed E-state index contributed by atoms with van der Waals surface area (Å²) in [7, 11) is 1.44. The standard InChI is InChI=1S/C20H24ClFN4O2/c1-4-5-11-26-19(21)16(13(2)24-26)9-10-17(27)25(3)18(20(23)28)14-7-6-8-15(22)12-14/h6-10,12,18H,4-5,11H2,1-3H3,(H2,23,28)/b10-9+. The van der Waals surface area contributed by atoms with Crippen molar-refractivity contribution in [2.75, 3.05) is 7.05 Å². The van der Waals surface area contributed by atoms with Crippen molar-refractivity contribution in [2.24, 2.45) is 5.73 Å². The van der Waals surface area contributed by atoms with Gasteiger partial charge in [0.1, 0.15) is 17.0 Å². The molecular weight excluding hydrogens is 383 g/mol. The first-order valence-electron chi connectivity index (χ1n) is 8.98. The van der Waals surface area contributed by atoms with Gasteiger partial charge in [-0.25, -0.2) is 4.39 Å². The van der Waals surface area contributed by atoms with Gasteiger partial charge in [-0.15, -0.1) is 0 Å². The second kappa shape index (κ2) is 9.50. The van der Waals surface area contributed by atoms with Crippen molar-refractivity contribution in [3.8, 4) is 0 Å². The Labute approximate surface area is 168 Å². The summed E-state index contributed by atoms with van der Waals surface area (Å²) in [5, 5.41) is 4.84. The Kier molecular flexibility index (Phi) is 7.34. The molecule has 1 aromatic carbocycles. The smallest absolute Gasteiger partial charge is 0.247 e. The molecule has 2 amide bonds. The van der Waals surface area contributed by atoms with Crippen LogP contribution >= 0.6 is 11.6 Å². The first-order valence-corrected chi connectivity index (χ1v) is 9.36. The molecule has 2 N–H and O–H groups in total. The van der Waals surface area contributed by atoms with Gasteiger partial charge in [0.25, 0.3) is 0 Å². The number of carbonyl (C=O) groups excluding carboxylic acids is 2. The zero-order valence-corrected chi connectivity index (χ0v) is 16.9. The summed E-state index contributed by atoms with van der Waals surface area (Å²) in [6.45, 7) is 4.58. The topological polar surface area (TPSA) is 81.2 Å². The van der Waals surface area contributed by atoms with Gasteiger partial charge in [-0.2, -0.15) is 5.10 Å². The first kappa shape index (κ1) is 21.6. The van der Waals surface area contributed by atoms with Crippen LogP contribution in [0.15, 0.2) is 30.3 Å². The molecule has 1 heterocycles. The van der Waals surface area contributed by atoms with E-state index in [0.29, 0.717) is 28.5 Å². The minimum Gasteiger partial charge on any atom is -0.368 e. The molecule has 0 saturated heterocycles. The average Bonchev–Trinajstić information content (AvgIpc) is 2.91. The molecule has 0 radical (unpaired) electrons. The molecule has 6 nitrogen and oxygen atoms in total. The molecule has 0 aliphatic rings. The van der Waals surface area contributed by atoms with Crippen LogP contribution in [-0.4, -0.2) is 33.5 Å². The molecule has 0 spiro atoms. The fraction of sp³-hybridized carbons (Fsp3) is 0.350. The Balaban J connectivity index is 2.23. The van der Waals surface area contributed by atoms with Gasteiger partial charge in [-0.3, -0.25) is 14.3 Å². The van der Waals surface area contributed by atoms with Gasteiger partial charge in [0, 0.05) is 25.2 Å².